The predicted octanol–water partition coefficient (Wildman–Crippen LogP) is 4.25. The summed E-state index contributed by atoms with van der Waals surface area (Å²) in [5, 5.41) is 0. The lowest BCUT2D eigenvalue weighted by Crippen LogP contribution is -2.26. The van der Waals surface area contributed by atoms with Crippen LogP contribution < -0.4 is 0 Å². The molecule has 0 aromatic heterocycles. The summed E-state index contributed by atoms with van der Waals surface area (Å²) >= 11 is 0. The molecule has 0 fully saturated rings. The Hall–Kier alpha value is -3.00. The first kappa shape index (κ1) is 14.6. The summed E-state index contributed by atoms with van der Waals surface area (Å²) in [6, 6.07) is 20.1. The molecule has 2 aromatic rings. The summed E-state index contributed by atoms with van der Waals surface area (Å²) in [4.78, 5) is 24.6. The van der Waals surface area contributed by atoms with Crippen LogP contribution in [0.4, 0.5) is 0 Å². The van der Waals surface area contributed by atoms with Crippen LogP contribution in [-0.4, -0.2) is 11.6 Å². The van der Waals surface area contributed by atoms with Crippen molar-refractivity contribution in [1.82, 2.24) is 0 Å². The van der Waals surface area contributed by atoms with E-state index in [4.69, 9.17) is 0 Å². The molecule has 116 valence electrons. The SMILES string of the molecule is O=C1C=CC(=O)C2CC(c3ccccc3)=C(c3ccccc3)C=C12. The van der Waals surface area contributed by atoms with Gasteiger partial charge in [-0.3, -0.25) is 9.59 Å². The molecule has 2 aromatic carbocycles. The highest BCUT2D eigenvalue weighted by molar-refractivity contribution is 6.19. The Balaban J connectivity index is 1.94. The number of benzene rings is 2. The maximum atomic E-state index is 12.3. The topological polar surface area (TPSA) is 34.1 Å². The highest BCUT2D eigenvalue weighted by Gasteiger charge is 2.33. The van der Waals surface area contributed by atoms with Crippen LogP contribution in [0, 0.1) is 5.92 Å². The van der Waals surface area contributed by atoms with E-state index < -0.39 is 0 Å². The Morgan fingerprint density at radius 3 is 2.04 bits per heavy atom. The quantitative estimate of drug-likeness (QED) is 0.830. The molecule has 0 saturated carbocycles. The van der Waals surface area contributed by atoms with Gasteiger partial charge in [0, 0.05) is 5.57 Å². The normalized spacial score (nSPS) is 20.0. The number of fused-ring (bicyclic) bond motifs is 1. The Morgan fingerprint density at radius 2 is 1.38 bits per heavy atom. The van der Waals surface area contributed by atoms with E-state index in [0.717, 1.165) is 22.3 Å². The minimum Gasteiger partial charge on any atom is -0.294 e. The third-order valence-corrected chi connectivity index (χ3v) is 4.64. The number of hydrogen-bond acceptors (Lipinski definition) is 2. The van der Waals surface area contributed by atoms with Crippen LogP contribution in [0.2, 0.25) is 0 Å². The first-order valence-corrected chi connectivity index (χ1v) is 8.06. The fraction of sp³-hybridized carbons (Fsp3) is 0.0909. The summed E-state index contributed by atoms with van der Waals surface area (Å²) in [5.41, 5.74) is 4.93. The second kappa shape index (κ2) is 5.89. The van der Waals surface area contributed by atoms with Crippen molar-refractivity contribution in [2.75, 3.05) is 0 Å². The van der Waals surface area contributed by atoms with Crippen molar-refractivity contribution in [2.24, 2.45) is 5.92 Å². The number of allylic oxidation sites excluding steroid dienone is 6. The van der Waals surface area contributed by atoms with Gasteiger partial charge < -0.3 is 0 Å². The molecular formula is C22H16O2. The largest absolute Gasteiger partial charge is 0.294 e. The third-order valence-electron chi connectivity index (χ3n) is 4.64. The van der Waals surface area contributed by atoms with Gasteiger partial charge in [0.2, 0.25) is 0 Å². The van der Waals surface area contributed by atoms with Gasteiger partial charge in [0.25, 0.3) is 0 Å². The molecule has 0 spiro atoms. The number of carbonyl (C=O) groups is 2. The van der Waals surface area contributed by atoms with Crippen molar-refractivity contribution >= 4 is 22.7 Å². The van der Waals surface area contributed by atoms with Crippen LogP contribution in [0.1, 0.15) is 17.5 Å². The van der Waals surface area contributed by atoms with Crippen molar-refractivity contribution < 1.29 is 9.59 Å². The molecule has 1 unspecified atom stereocenters. The summed E-state index contributed by atoms with van der Waals surface area (Å²) in [7, 11) is 0. The Labute approximate surface area is 140 Å². The molecule has 2 aliphatic carbocycles. The van der Waals surface area contributed by atoms with Crippen LogP contribution in [0.3, 0.4) is 0 Å². The van der Waals surface area contributed by atoms with Gasteiger partial charge >= 0.3 is 0 Å². The standard InChI is InChI=1S/C22H16O2/c23-21-11-12-22(24)20-14-18(16-9-5-2-6-10-16)17(13-19(20)21)15-7-3-1-4-8-15/h1-13,20H,14H2. The van der Waals surface area contributed by atoms with Crippen LogP contribution in [0.25, 0.3) is 11.1 Å². The van der Waals surface area contributed by atoms with Gasteiger partial charge in [0.15, 0.2) is 11.6 Å². The number of carbonyl (C=O) groups excluding carboxylic acids is 2. The average Bonchev–Trinajstić information content (AvgIpc) is 2.65. The van der Waals surface area contributed by atoms with Gasteiger partial charge in [-0.2, -0.15) is 0 Å². The number of hydrogen-bond donors (Lipinski definition) is 0. The molecule has 0 radical (unpaired) electrons. The lowest BCUT2D eigenvalue weighted by molar-refractivity contribution is -0.121. The van der Waals surface area contributed by atoms with Gasteiger partial charge in [-0.25, -0.2) is 0 Å². The number of ketones is 2. The lowest BCUT2D eigenvalue weighted by Gasteiger charge is -2.28. The van der Waals surface area contributed by atoms with E-state index >= 15 is 0 Å². The van der Waals surface area contributed by atoms with E-state index in [1.165, 1.54) is 12.2 Å². The first-order valence-electron chi connectivity index (χ1n) is 8.06. The molecule has 2 heteroatoms. The summed E-state index contributed by atoms with van der Waals surface area (Å²) in [6.45, 7) is 0. The maximum Gasteiger partial charge on any atom is 0.182 e. The molecule has 2 nitrogen and oxygen atoms in total. The van der Waals surface area contributed by atoms with E-state index in [-0.39, 0.29) is 17.5 Å². The van der Waals surface area contributed by atoms with Crippen molar-refractivity contribution in [3.63, 3.8) is 0 Å². The fourth-order valence-electron chi connectivity index (χ4n) is 3.42. The fourth-order valence-corrected chi connectivity index (χ4v) is 3.42. The molecule has 0 amide bonds. The summed E-state index contributed by atoms with van der Waals surface area (Å²) < 4.78 is 0. The zero-order valence-electron chi connectivity index (χ0n) is 13.1. The monoisotopic (exact) mass is 312 g/mol. The van der Waals surface area contributed by atoms with Gasteiger partial charge in [0.1, 0.15) is 0 Å². The predicted molar refractivity (Wildman–Crippen MR) is 95.0 cm³/mol. The highest BCUT2D eigenvalue weighted by atomic mass is 16.1. The molecule has 0 aliphatic heterocycles. The highest BCUT2D eigenvalue weighted by Crippen LogP contribution is 2.41. The Bertz CT molecular complexity index is 900. The molecule has 0 heterocycles. The van der Waals surface area contributed by atoms with E-state index in [0.29, 0.717) is 12.0 Å². The molecule has 0 N–H and O–H groups in total. The molecule has 0 bridgehead atoms. The minimum absolute atomic E-state index is 0.0152. The van der Waals surface area contributed by atoms with Crippen LogP contribution in [-0.2, 0) is 9.59 Å². The lowest BCUT2D eigenvalue weighted by atomic mass is 9.74. The summed E-state index contributed by atoms with van der Waals surface area (Å²) in [5.74, 6) is -0.397. The Morgan fingerprint density at radius 1 is 0.750 bits per heavy atom. The van der Waals surface area contributed by atoms with Crippen LogP contribution in [0.15, 0.2) is 84.5 Å². The smallest absolute Gasteiger partial charge is 0.182 e. The van der Waals surface area contributed by atoms with Crippen molar-refractivity contribution in [1.29, 1.82) is 0 Å². The summed E-state index contributed by atoms with van der Waals surface area (Å²) in [6.07, 6.45) is 5.28. The van der Waals surface area contributed by atoms with E-state index in [1.54, 1.807) is 0 Å². The van der Waals surface area contributed by atoms with Crippen molar-refractivity contribution in [2.45, 2.75) is 6.42 Å². The van der Waals surface area contributed by atoms with Gasteiger partial charge in [-0.05, 0) is 46.9 Å². The maximum absolute atomic E-state index is 12.3. The second-order valence-corrected chi connectivity index (χ2v) is 6.08. The van der Waals surface area contributed by atoms with E-state index in [2.05, 4.69) is 12.1 Å². The van der Waals surface area contributed by atoms with Gasteiger partial charge in [-0.1, -0.05) is 60.7 Å². The first-order chi connectivity index (χ1) is 11.7. The van der Waals surface area contributed by atoms with Gasteiger partial charge in [0.05, 0.1) is 5.92 Å². The van der Waals surface area contributed by atoms with Crippen LogP contribution in [0.5, 0.6) is 0 Å². The average molecular weight is 312 g/mol. The second-order valence-electron chi connectivity index (χ2n) is 6.08. The minimum atomic E-state index is -0.356. The molecule has 24 heavy (non-hydrogen) atoms. The third kappa shape index (κ3) is 2.46. The molecule has 2 aliphatic rings. The van der Waals surface area contributed by atoms with E-state index in [9.17, 15) is 9.59 Å². The molecule has 1 atom stereocenters. The Kier molecular flexibility index (Phi) is 3.58. The molecular weight excluding hydrogens is 296 g/mol. The molecule has 4 rings (SSSR count). The molecule has 0 saturated heterocycles. The zero-order chi connectivity index (χ0) is 16.5. The van der Waals surface area contributed by atoms with E-state index in [1.807, 2.05) is 54.6 Å². The van der Waals surface area contributed by atoms with Crippen molar-refractivity contribution in [3.8, 4) is 0 Å². The van der Waals surface area contributed by atoms with Crippen LogP contribution >= 0.6 is 0 Å². The van der Waals surface area contributed by atoms with Gasteiger partial charge in [-0.15, -0.1) is 0 Å². The zero-order valence-corrected chi connectivity index (χ0v) is 13.1. The number of rotatable bonds is 2. The van der Waals surface area contributed by atoms with Crippen molar-refractivity contribution in [3.05, 3.63) is 95.6 Å².